The SMILES string of the molecule is OSc1nccc2c1C1CCC2C1. The molecule has 1 aromatic heterocycles. The first-order chi connectivity index (χ1) is 6.40. The van der Waals surface area contributed by atoms with Crippen LogP contribution in [0.2, 0.25) is 0 Å². The molecule has 68 valence electrons. The molecule has 1 saturated carbocycles. The Morgan fingerprint density at radius 1 is 1.38 bits per heavy atom. The van der Waals surface area contributed by atoms with Crippen molar-refractivity contribution in [1.82, 2.24) is 4.98 Å². The molecule has 1 heterocycles. The molecule has 2 aliphatic carbocycles. The van der Waals surface area contributed by atoms with E-state index in [0.717, 1.165) is 23.0 Å². The Bertz CT molecular complexity index is 353. The van der Waals surface area contributed by atoms with E-state index in [0.29, 0.717) is 5.92 Å². The van der Waals surface area contributed by atoms with Crippen LogP contribution in [0.5, 0.6) is 0 Å². The molecule has 13 heavy (non-hydrogen) atoms. The molecule has 2 atom stereocenters. The summed E-state index contributed by atoms with van der Waals surface area (Å²) in [5, 5.41) is 0.838. The Balaban J connectivity index is 2.20. The third-order valence-corrected chi connectivity index (χ3v) is 3.85. The van der Waals surface area contributed by atoms with Gasteiger partial charge in [-0.3, -0.25) is 0 Å². The van der Waals surface area contributed by atoms with Crippen molar-refractivity contribution >= 4 is 12.0 Å². The molecule has 0 radical (unpaired) electrons. The molecule has 2 nitrogen and oxygen atoms in total. The van der Waals surface area contributed by atoms with Gasteiger partial charge in [-0.2, -0.15) is 0 Å². The summed E-state index contributed by atoms with van der Waals surface area (Å²) in [4.78, 5) is 4.20. The molecule has 2 unspecified atom stereocenters. The summed E-state index contributed by atoms with van der Waals surface area (Å²) in [6, 6.07) is 2.12. The molecule has 2 bridgehead atoms. The summed E-state index contributed by atoms with van der Waals surface area (Å²) in [6.45, 7) is 0. The minimum Gasteiger partial charge on any atom is -0.324 e. The number of hydrogen-bond acceptors (Lipinski definition) is 3. The highest BCUT2D eigenvalue weighted by atomic mass is 32.2. The van der Waals surface area contributed by atoms with Crippen LogP contribution in [0.25, 0.3) is 0 Å². The van der Waals surface area contributed by atoms with E-state index in [1.54, 1.807) is 0 Å². The zero-order valence-corrected chi connectivity index (χ0v) is 8.05. The smallest absolute Gasteiger partial charge is 0.127 e. The molecule has 1 N–H and O–H groups in total. The Morgan fingerprint density at radius 3 is 3.08 bits per heavy atom. The largest absolute Gasteiger partial charge is 0.324 e. The lowest BCUT2D eigenvalue weighted by Gasteiger charge is -2.15. The maximum Gasteiger partial charge on any atom is 0.127 e. The maximum atomic E-state index is 9.08. The Labute approximate surface area is 81.6 Å². The van der Waals surface area contributed by atoms with Crippen LogP contribution in [0.1, 0.15) is 42.2 Å². The fraction of sp³-hybridized carbons (Fsp3) is 0.500. The molecule has 0 aliphatic heterocycles. The van der Waals surface area contributed by atoms with Gasteiger partial charge in [0.25, 0.3) is 0 Å². The van der Waals surface area contributed by atoms with Gasteiger partial charge in [0, 0.05) is 18.2 Å². The Kier molecular flexibility index (Phi) is 1.64. The van der Waals surface area contributed by atoms with Crippen LogP contribution in [-0.2, 0) is 0 Å². The van der Waals surface area contributed by atoms with Crippen molar-refractivity contribution in [3.63, 3.8) is 0 Å². The van der Waals surface area contributed by atoms with Crippen LogP contribution in [0.15, 0.2) is 17.3 Å². The van der Waals surface area contributed by atoms with Crippen molar-refractivity contribution in [3.8, 4) is 0 Å². The lowest BCUT2D eigenvalue weighted by Crippen LogP contribution is -2.00. The summed E-state index contributed by atoms with van der Waals surface area (Å²) in [5.74, 6) is 1.44. The standard InChI is InChI=1S/C10H11NOS/c12-13-10-9-7-2-1-6(5-7)8(9)3-4-11-10/h3-4,6-7,12H,1-2,5H2. The van der Waals surface area contributed by atoms with Gasteiger partial charge in [-0.1, -0.05) is 0 Å². The first-order valence-corrected chi connectivity index (χ1v) is 5.47. The zero-order valence-electron chi connectivity index (χ0n) is 7.23. The van der Waals surface area contributed by atoms with E-state index < -0.39 is 0 Å². The van der Waals surface area contributed by atoms with Crippen LogP contribution < -0.4 is 0 Å². The summed E-state index contributed by atoms with van der Waals surface area (Å²) in [7, 11) is 0. The number of rotatable bonds is 1. The number of pyridine rings is 1. The van der Waals surface area contributed by atoms with E-state index in [9.17, 15) is 0 Å². The van der Waals surface area contributed by atoms with Gasteiger partial charge in [0.05, 0.1) is 0 Å². The Morgan fingerprint density at radius 2 is 2.23 bits per heavy atom. The fourth-order valence-corrected chi connectivity index (χ4v) is 3.32. The van der Waals surface area contributed by atoms with E-state index in [2.05, 4.69) is 11.1 Å². The third-order valence-electron chi connectivity index (χ3n) is 3.35. The fourth-order valence-electron chi connectivity index (χ4n) is 2.83. The van der Waals surface area contributed by atoms with Gasteiger partial charge < -0.3 is 4.55 Å². The topological polar surface area (TPSA) is 33.1 Å². The van der Waals surface area contributed by atoms with Gasteiger partial charge >= 0.3 is 0 Å². The predicted molar refractivity (Wildman–Crippen MR) is 52.1 cm³/mol. The van der Waals surface area contributed by atoms with Gasteiger partial charge in [0.15, 0.2) is 0 Å². The second-order valence-corrected chi connectivity index (χ2v) is 4.49. The molecule has 2 aliphatic rings. The maximum absolute atomic E-state index is 9.08. The number of nitrogens with zero attached hydrogens (tertiary/aromatic N) is 1. The van der Waals surface area contributed by atoms with E-state index in [4.69, 9.17) is 4.55 Å². The van der Waals surface area contributed by atoms with E-state index >= 15 is 0 Å². The normalized spacial score (nSPS) is 29.3. The highest BCUT2D eigenvalue weighted by molar-refractivity contribution is 7.93. The van der Waals surface area contributed by atoms with Crippen molar-refractivity contribution in [3.05, 3.63) is 23.4 Å². The summed E-state index contributed by atoms with van der Waals surface area (Å²) < 4.78 is 9.08. The number of hydrogen-bond donors (Lipinski definition) is 1. The zero-order chi connectivity index (χ0) is 8.84. The molecule has 3 rings (SSSR count). The van der Waals surface area contributed by atoms with E-state index in [1.807, 2.05) is 6.20 Å². The lowest BCUT2D eigenvalue weighted by atomic mass is 9.94. The number of aromatic nitrogens is 1. The third kappa shape index (κ3) is 0.973. The highest BCUT2D eigenvalue weighted by Crippen LogP contribution is 2.54. The first-order valence-electron chi connectivity index (χ1n) is 4.70. The first kappa shape index (κ1) is 7.83. The molecular formula is C10H11NOS. The average molecular weight is 193 g/mol. The van der Waals surface area contributed by atoms with Gasteiger partial charge in [0.1, 0.15) is 5.03 Å². The van der Waals surface area contributed by atoms with Gasteiger partial charge in [-0.25, -0.2) is 4.98 Å². The van der Waals surface area contributed by atoms with Crippen LogP contribution in [0.4, 0.5) is 0 Å². The Hall–Kier alpha value is -0.540. The predicted octanol–water partition coefficient (Wildman–Crippen LogP) is 3.01. The minimum atomic E-state index is 0.684. The van der Waals surface area contributed by atoms with Crippen LogP contribution in [0.3, 0.4) is 0 Å². The van der Waals surface area contributed by atoms with E-state index in [1.165, 1.54) is 30.4 Å². The van der Waals surface area contributed by atoms with Crippen molar-refractivity contribution < 1.29 is 4.55 Å². The molecule has 1 aromatic rings. The van der Waals surface area contributed by atoms with Crippen LogP contribution >= 0.6 is 12.0 Å². The quantitative estimate of drug-likeness (QED) is 0.696. The van der Waals surface area contributed by atoms with Crippen molar-refractivity contribution in [1.29, 1.82) is 0 Å². The summed E-state index contributed by atoms with van der Waals surface area (Å²) >= 11 is 0.803. The van der Waals surface area contributed by atoms with Crippen LogP contribution in [0, 0.1) is 0 Å². The molecule has 1 fully saturated rings. The highest BCUT2D eigenvalue weighted by Gasteiger charge is 2.38. The molecule has 3 heteroatoms. The summed E-state index contributed by atoms with van der Waals surface area (Å²) in [5.41, 5.74) is 2.79. The monoisotopic (exact) mass is 193 g/mol. The summed E-state index contributed by atoms with van der Waals surface area (Å²) in [6.07, 6.45) is 5.72. The lowest BCUT2D eigenvalue weighted by molar-refractivity contribution is 0.647. The van der Waals surface area contributed by atoms with Gasteiger partial charge in [-0.15, -0.1) is 0 Å². The minimum absolute atomic E-state index is 0.684. The molecule has 0 spiro atoms. The molecule has 0 saturated heterocycles. The van der Waals surface area contributed by atoms with Gasteiger partial charge in [0.2, 0.25) is 0 Å². The van der Waals surface area contributed by atoms with Crippen molar-refractivity contribution in [2.45, 2.75) is 36.1 Å². The molecular weight excluding hydrogens is 182 g/mol. The number of fused-ring (bicyclic) bond motifs is 5. The van der Waals surface area contributed by atoms with E-state index in [-0.39, 0.29) is 0 Å². The average Bonchev–Trinajstić information content (AvgIpc) is 2.77. The van der Waals surface area contributed by atoms with Crippen LogP contribution in [-0.4, -0.2) is 9.54 Å². The molecule has 0 aromatic carbocycles. The second-order valence-electron chi connectivity index (χ2n) is 3.92. The van der Waals surface area contributed by atoms with Crippen molar-refractivity contribution in [2.75, 3.05) is 0 Å². The van der Waals surface area contributed by atoms with Gasteiger partial charge in [-0.05, 0) is 48.3 Å². The van der Waals surface area contributed by atoms with Crippen molar-refractivity contribution in [2.24, 2.45) is 0 Å². The second kappa shape index (κ2) is 2.72. The molecule has 0 amide bonds.